The number of aryl methyl sites for hydroxylation is 1. The first-order chi connectivity index (χ1) is 17.0. The van der Waals surface area contributed by atoms with Crippen LogP contribution in [-0.4, -0.2) is 25.6 Å². The van der Waals surface area contributed by atoms with Gasteiger partial charge in [0, 0.05) is 6.54 Å². The number of nitrogens with one attached hydrogen (secondary N) is 1. The molecule has 0 bridgehead atoms. The quantitative estimate of drug-likeness (QED) is 0.203. The van der Waals surface area contributed by atoms with E-state index in [1.165, 1.54) is 13.2 Å². The fourth-order valence-corrected chi connectivity index (χ4v) is 3.27. The summed E-state index contributed by atoms with van der Waals surface area (Å²) in [6.07, 6.45) is 2.22. The summed E-state index contributed by atoms with van der Waals surface area (Å²) in [7, 11) is 1.44. The molecule has 3 aromatic rings. The fourth-order valence-electron chi connectivity index (χ4n) is 3.27. The lowest BCUT2D eigenvalue weighted by Gasteiger charge is -2.12. The molecule has 7 heteroatoms. The minimum atomic E-state index is -0.587. The van der Waals surface area contributed by atoms with Crippen LogP contribution >= 0.6 is 0 Å². The molecule has 0 radical (unpaired) electrons. The lowest BCUT2D eigenvalue weighted by molar-refractivity contribution is -0.136. The summed E-state index contributed by atoms with van der Waals surface area (Å²) in [4.78, 5) is 24.8. The van der Waals surface area contributed by atoms with Gasteiger partial charge in [0.1, 0.15) is 17.4 Å². The molecule has 0 unspecified atom stereocenters. The van der Waals surface area contributed by atoms with Gasteiger partial charge < -0.3 is 19.5 Å². The molecule has 178 valence electrons. The Bertz CT molecular complexity index is 1250. The normalized spacial score (nSPS) is 10.7. The molecule has 1 N–H and O–H groups in total. The molecule has 0 saturated heterocycles. The third-order valence-electron chi connectivity index (χ3n) is 5.08. The van der Waals surface area contributed by atoms with Gasteiger partial charge >= 0.3 is 5.97 Å². The molecule has 0 aliphatic rings. The summed E-state index contributed by atoms with van der Waals surface area (Å²) in [5.74, 6) is 0.0388. The lowest BCUT2D eigenvalue weighted by atomic mass is 10.1. The van der Waals surface area contributed by atoms with Crippen molar-refractivity contribution in [1.29, 1.82) is 5.26 Å². The van der Waals surface area contributed by atoms with Crippen molar-refractivity contribution < 1.29 is 23.8 Å². The van der Waals surface area contributed by atoms with E-state index in [-0.39, 0.29) is 23.7 Å². The monoisotopic (exact) mass is 470 g/mol. The molecule has 0 aliphatic carbocycles. The topological polar surface area (TPSA) is 97.7 Å². The van der Waals surface area contributed by atoms with Crippen molar-refractivity contribution in [3.05, 3.63) is 95.1 Å². The summed E-state index contributed by atoms with van der Waals surface area (Å²) in [6.45, 7) is 2.05. The minimum absolute atomic E-state index is 0.0595. The van der Waals surface area contributed by atoms with E-state index in [4.69, 9.17) is 14.2 Å². The number of esters is 1. The zero-order valence-corrected chi connectivity index (χ0v) is 19.6. The third-order valence-corrected chi connectivity index (χ3v) is 5.08. The Morgan fingerprint density at radius 3 is 2.43 bits per heavy atom. The predicted octanol–water partition coefficient (Wildman–Crippen LogP) is 4.47. The third kappa shape index (κ3) is 7.21. The van der Waals surface area contributed by atoms with Gasteiger partial charge in [-0.05, 0) is 47.4 Å². The number of hydrogen-bond donors (Lipinski definition) is 1. The first kappa shape index (κ1) is 25.1. The first-order valence-corrected chi connectivity index (χ1v) is 11.1. The van der Waals surface area contributed by atoms with Gasteiger partial charge in [0.15, 0.2) is 18.1 Å². The van der Waals surface area contributed by atoms with Gasteiger partial charge in [-0.1, -0.05) is 61.5 Å². The van der Waals surface area contributed by atoms with Crippen molar-refractivity contribution in [2.45, 2.75) is 19.9 Å². The number of ether oxygens (including phenoxy) is 3. The zero-order valence-electron chi connectivity index (χ0n) is 19.6. The number of amides is 1. The molecule has 35 heavy (non-hydrogen) atoms. The van der Waals surface area contributed by atoms with Crippen molar-refractivity contribution in [3.63, 3.8) is 0 Å². The Morgan fingerprint density at radius 1 is 0.971 bits per heavy atom. The maximum atomic E-state index is 12.4. The molecule has 0 fully saturated rings. The molecule has 7 nitrogen and oxygen atoms in total. The van der Waals surface area contributed by atoms with E-state index in [9.17, 15) is 14.9 Å². The van der Waals surface area contributed by atoms with E-state index >= 15 is 0 Å². The van der Waals surface area contributed by atoms with Crippen LogP contribution in [0.25, 0.3) is 6.08 Å². The largest absolute Gasteiger partial charge is 0.493 e. The van der Waals surface area contributed by atoms with E-state index in [0.29, 0.717) is 17.9 Å². The van der Waals surface area contributed by atoms with Crippen LogP contribution in [0.2, 0.25) is 0 Å². The van der Waals surface area contributed by atoms with Gasteiger partial charge in [0.05, 0.1) is 7.11 Å². The summed E-state index contributed by atoms with van der Waals surface area (Å²) >= 11 is 0. The van der Waals surface area contributed by atoms with Gasteiger partial charge in [-0.2, -0.15) is 5.26 Å². The molecule has 0 aromatic heterocycles. The number of hydrogen-bond acceptors (Lipinski definition) is 6. The molecule has 0 aliphatic heterocycles. The maximum absolute atomic E-state index is 12.4. The molecule has 3 rings (SSSR count). The highest BCUT2D eigenvalue weighted by Gasteiger charge is 2.14. The number of nitrogens with zero attached hydrogens (tertiary/aromatic N) is 1. The van der Waals surface area contributed by atoms with Crippen LogP contribution in [0.3, 0.4) is 0 Å². The number of para-hydroxylation sites is 1. The van der Waals surface area contributed by atoms with Gasteiger partial charge in [0.2, 0.25) is 0 Å². The van der Waals surface area contributed by atoms with Crippen LogP contribution in [0.5, 0.6) is 17.2 Å². The highest BCUT2D eigenvalue weighted by Crippen LogP contribution is 2.29. The summed E-state index contributed by atoms with van der Waals surface area (Å²) in [6, 6.07) is 23.6. The van der Waals surface area contributed by atoms with E-state index in [1.54, 1.807) is 24.3 Å². The Labute approximate surface area is 204 Å². The fraction of sp³-hybridized carbons (Fsp3) is 0.179. The van der Waals surface area contributed by atoms with Crippen molar-refractivity contribution in [2.24, 2.45) is 0 Å². The number of carbonyl (C=O) groups excluding carboxylic acids is 2. The molecule has 0 spiro atoms. The van der Waals surface area contributed by atoms with Crippen molar-refractivity contribution in [2.75, 3.05) is 13.7 Å². The predicted molar refractivity (Wildman–Crippen MR) is 132 cm³/mol. The van der Waals surface area contributed by atoms with Crippen molar-refractivity contribution in [3.8, 4) is 23.3 Å². The molecule has 0 atom stereocenters. The number of benzene rings is 3. The first-order valence-electron chi connectivity index (χ1n) is 11.1. The summed E-state index contributed by atoms with van der Waals surface area (Å²) in [5.41, 5.74) is 2.40. The van der Waals surface area contributed by atoms with Crippen LogP contribution in [0.15, 0.2) is 78.4 Å². The Hall–Kier alpha value is -4.57. The van der Waals surface area contributed by atoms with Crippen molar-refractivity contribution >= 4 is 18.0 Å². The summed E-state index contributed by atoms with van der Waals surface area (Å²) in [5, 5.41) is 12.2. The molecular formula is C28H26N2O5. The Balaban J connectivity index is 1.65. The van der Waals surface area contributed by atoms with Gasteiger partial charge in [0.25, 0.3) is 5.91 Å². The Morgan fingerprint density at radius 2 is 1.71 bits per heavy atom. The van der Waals surface area contributed by atoms with E-state index < -0.39 is 11.9 Å². The maximum Gasteiger partial charge on any atom is 0.349 e. The second-order valence-corrected chi connectivity index (χ2v) is 7.47. The number of methoxy groups -OCH3 is 1. The molecule has 1 amide bonds. The van der Waals surface area contributed by atoms with Crippen molar-refractivity contribution in [1.82, 2.24) is 5.32 Å². The smallest absolute Gasteiger partial charge is 0.349 e. The van der Waals surface area contributed by atoms with Gasteiger partial charge in [-0.15, -0.1) is 0 Å². The zero-order chi connectivity index (χ0) is 25.0. The van der Waals surface area contributed by atoms with Crippen LogP contribution < -0.4 is 19.5 Å². The van der Waals surface area contributed by atoms with E-state index in [1.807, 2.05) is 61.5 Å². The van der Waals surface area contributed by atoms with Crippen LogP contribution in [0, 0.1) is 11.3 Å². The number of rotatable bonds is 10. The van der Waals surface area contributed by atoms with Crippen LogP contribution in [-0.2, 0) is 22.6 Å². The highest BCUT2D eigenvalue weighted by molar-refractivity contribution is 6.01. The van der Waals surface area contributed by atoms with Crippen LogP contribution in [0.1, 0.15) is 23.6 Å². The average molecular weight is 471 g/mol. The molecule has 0 saturated carbocycles. The Kier molecular flexibility index (Phi) is 9.03. The number of nitriles is 1. The second kappa shape index (κ2) is 12.6. The molecular weight excluding hydrogens is 444 g/mol. The molecule has 3 aromatic carbocycles. The lowest BCUT2D eigenvalue weighted by Crippen LogP contribution is -2.23. The van der Waals surface area contributed by atoms with Gasteiger partial charge in [-0.3, -0.25) is 4.79 Å². The van der Waals surface area contributed by atoms with Gasteiger partial charge in [-0.25, -0.2) is 4.79 Å². The highest BCUT2D eigenvalue weighted by atomic mass is 16.6. The van der Waals surface area contributed by atoms with E-state index in [0.717, 1.165) is 17.5 Å². The molecule has 0 heterocycles. The number of carbonyl (C=O) groups is 2. The summed E-state index contributed by atoms with van der Waals surface area (Å²) < 4.78 is 16.3. The second-order valence-electron chi connectivity index (χ2n) is 7.47. The van der Waals surface area contributed by atoms with Crippen LogP contribution in [0.4, 0.5) is 0 Å². The standard InChI is InChI=1S/C28H26N2O5/c1-3-22-11-7-8-12-24(22)34-19-27(31)35-25-14-13-21(16-26(25)33-2)15-23(17-29)28(32)30-18-20-9-5-4-6-10-20/h4-16H,3,18-19H2,1-2H3,(H,30,32)/b23-15+. The van der Waals surface area contributed by atoms with E-state index in [2.05, 4.69) is 5.32 Å². The average Bonchev–Trinajstić information content (AvgIpc) is 2.90. The SMILES string of the molecule is CCc1ccccc1OCC(=O)Oc1ccc(/C=C(\C#N)C(=O)NCc2ccccc2)cc1OC. The minimum Gasteiger partial charge on any atom is -0.493 e.